The smallest absolute Gasteiger partial charge is 0.303 e. The maximum atomic E-state index is 11.8. The second-order valence-electron chi connectivity index (χ2n) is 5.78. The summed E-state index contributed by atoms with van der Waals surface area (Å²) < 4.78 is 11.1. The van der Waals surface area contributed by atoms with Gasteiger partial charge in [0, 0.05) is 36.9 Å². The Morgan fingerprint density at radius 1 is 1.35 bits per heavy atom. The predicted octanol–water partition coefficient (Wildman–Crippen LogP) is 2.28. The van der Waals surface area contributed by atoms with E-state index in [0.29, 0.717) is 25.8 Å². The van der Waals surface area contributed by atoms with Crippen LogP contribution >= 0.6 is 0 Å². The molecule has 1 aromatic rings. The van der Waals surface area contributed by atoms with Crippen molar-refractivity contribution in [2.45, 2.75) is 51.7 Å². The molecule has 1 amide bonds. The Balaban J connectivity index is 1.86. The van der Waals surface area contributed by atoms with Crippen LogP contribution in [0.3, 0.4) is 0 Å². The van der Waals surface area contributed by atoms with E-state index in [1.54, 1.807) is 7.11 Å². The molecule has 1 aliphatic heterocycles. The zero-order valence-electron chi connectivity index (χ0n) is 13.6. The molecule has 0 radical (unpaired) electrons. The van der Waals surface area contributed by atoms with E-state index in [1.807, 2.05) is 19.1 Å². The zero-order chi connectivity index (χ0) is 16.8. The average molecular weight is 321 g/mol. The topological polar surface area (TPSA) is 84.9 Å². The van der Waals surface area contributed by atoms with Crippen LogP contribution in [0, 0.1) is 0 Å². The summed E-state index contributed by atoms with van der Waals surface area (Å²) in [6, 6.07) is 3.88. The van der Waals surface area contributed by atoms with Crippen molar-refractivity contribution in [1.82, 2.24) is 5.32 Å². The molecular weight excluding hydrogens is 298 g/mol. The van der Waals surface area contributed by atoms with Crippen molar-refractivity contribution >= 4 is 11.9 Å². The normalized spacial score (nSPS) is 15.7. The summed E-state index contributed by atoms with van der Waals surface area (Å²) in [5.41, 5.74) is 2.00. The number of fused-ring (bicyclic) bond motifs is 1. The van der Waals surface area contributed by atoms with Gasteiger partial charge in [-0.15, -0.1) is 0 Å². The minimum atomic E-state index is -0.831. The van der Waals surface area contributed by atoms with Gasteiger partial charge in [0.25, 0.3) is 0 Å². The fourth-order valence-electron chi connectivity index (χ4n) is 2.65. The summed E-state index contributed by atoms with van der Waals surface area (Å²) in [6.45, 7) is 2.39. The van der Waals surface area contributed by atoms with Crippen LogP contribution in [0.4, 0.5) is 0 Å². The number of carboxylic acid groups (broad SMARTS) is 1. The fraction of sp³-hybridized carbons (Fsp3) is 0.529. The molecule has 2 N–H and O–H groups in total. The molecule has 126 valence electrons. The van der Waals surface area contributed by atoms with Crippen LogP contribution in [-0.4, -0.2) is 30.2 Å². The summed E-state index contributed by atoms with van der Waals surface area (Å²) in [6.07, 6.45) is 2.53. The predicted molar refractivity (Wildman–Crippen MR) is 84.7 cm³/mol. The molecule has 0 fully saturated rings. The van der Waals surface area contributed by atoms with Gasteiger partial charge in [-0.1, -0.05) is 0 Å². The maximum Gasteiger partial charge on any atom is 0.303 e. The van der Waals surface area contributed by atoms with Crippen LogP contribution in [-0.2, 0) is 22.6 Å². The Kier molecular flexibility index (Phi) is 5.84. The molecule has 0 aliphatic carbocycles. The highest BCUT2D eigenvalue weighted by molar-refractivity contribution is 5.76. The van der Waals surface area contributed by atoms with E-state index >= 15 is 0 Å². The van der Waals surface area contributed by atoms with Gasteiger partial charge in [0.05, 0.1) is 7.11 Å². The Hall–Kier alpha value is -2.24. The third-order valence-electron chi connectivity index (χ3n) is 3.82. The van der Waals surface area contributed by atoms with Crippen molar-refractivity contribution in [3.8, 4) is 11.5 Å². The van der Waals surface area contributed by atoms with Gasteiger partial charge in [0.15, 0.2) is 0 Å². The number of rotatable bonds is 8. The van der Waals surface area contributed by atoms with E-state index in [9.17, 15) is 9.59 Å². The van der Waals surface area contributed by atoms with E-state index < -0.39 is 5.97 Å². The summed E-state index contributed by atoms with van der Waals surface area (Å²) in [5.74, 6) is 0.673. The van der Waals surface area contributed by atoms with Crippen LogP contribution < -0.4 is 14.8 Å². The zero-order valence-corrected chi connectivity index (χ0v) is 13.6. The first-order chi connectivity index (χ1) is 11.0. The monoisotopic (exact) mass is 321 g/mol. The van der Waals surface area contributed by atoms with Gasteiger partial charge >= 0.3 is 5.97 Å². The third-order valence-corrected chi connectivity index (χ3v) is 3.82. The molecule has 6 nitrogen and oxygen atoms in total. The molecule has 2 rings (SSSR count). The van der Waals surface area contributed by atoms with Crippen LogP contribution in [0.1, 0.15) is 43.7 Å². The molecule has 0 spiro atoms. The summed E-state index contributed by atoms with van der Waals surface area (Å²) in [7, 11) is 1.61. The molecule has 0 saturated carbocycles. The SMILES string of the molecule is COc1cc2c(cc1CNC(=O)CCCCC(=O)O)OC(C)C2. The van der Waals surface area contributed by atoms with Crippen molar-refractivity contribution in [1.29, 1.82) is 0 Å². The molecule has 0 aromatic heterocycles. The minimum Gasteiger partial charge on any atom is -0.496 e. The molecule has 0 bridgehead atoms. The quantitative estimate of drug-likeness (QED) is 0.718. The summed E-state index contributed by atoms with van der Waals surface area (Å²) in [4.78, 5) is 22.2. The van der Waals surface area contributed by atoms with Crippen LogP contribution in [0.15, 0.2) is 12.1 Å². The van der Waals surface area contributed by atoms with Gasteiger partial charge in [-0.05, 0) is 31.9 Å². The first kappa shape index (κ1) is 17.1. The summed E-state index contributed by atoms with van der Waals surface area (Å²) >= 11 is 0. The summed E-state index contributed by atoms with van der Waals surface area (Å²) in [5, 5.41) is 11.4. The lowest BCUT2D eigenvalue weighted by atomic mass is 10.1. The van der Waals surface area contributed by atoms with Crippen LogP contribution in [0.5, 0.6) is 11.5 Å². The standard InChI is InChI=1S/C17H23NO5/c1-11-7-12-8-14(22-2)13(9-15(12)23-11)10-18-16(19)5-3-4-6-17(20)21/h8-9,11H,3-7,10H2,1-2H3,(H,18,19)(H,20,21). The van der Waals surface area contributed by atoms with Crippen molar-refractivity contribution in [3.63, 3.8) is 0 Å². The number of unbranched alkanes of at least 4 members (excludes halogenated alkanes) is 1. The fourth-order valence-corrected chi connectivity index (χ4v) is 2.65. The molecule has 1 aliphatic rings. The molecule has 6 heteroatoms. The largest absolute Gasteiger partial charge is 0.496 e. The van der Waals surface area contributed by atoms with Gasteiger partial charge in [-0.25, -0.2) is 0 Å². The van der Waals surface area contributed by atoms with E-state index in [2.05, 4.69) is 5.32 Å². The second kappa shape index (κ2) is 7.85. The Morgan fingerprint density at radius 3 is 2.78 bits per heavy atom. The second-order valence-corrected chi connectivity index (χ2v) is 5.78. The van der Waals surface area contributed by atoms with E-state index in [0.717, 1.165) is 29.0 Å². The first-order valence-corrected chi connectivity index (χ1v) is 7.84. The minimum absolute atomic E-state index is 0.0905. The van der Waals surface area contributed by atoms with Crippen LogP contribution in [0.2, 0.25) is 0 Å². The van der Waals surface area contributed by atoms with Gasteiger partial charge < -0.3 is 19.9 Å². The van der Waals surface area contributed by atoms with Crippen molar-refractivity contribution in [2.75, 3.05) is 7.11 Å². The van der Waals surface area contributed by atoms with Gasteiger partial charge in [0.2, 0.25) is 5.91 Å². The van der Waals surface area contributed by atoms with Gasteiger partial charge in [-0.3, -0.25) is 9.59 Å². The number of carbonyl (C=O) groups is 2. The molecule has 23 heavy (non-hydrogen) atoms. The molecule has 0 saturated heterocycles. The Bertz CT molecular complexity index is 585. The number of methoxy groups -OCH3 is 1. The number of hydrogen-bond acceptors (Lipinski definition) is 4. The molecular formula is C17H23NO5. The average Bonchev–Trinajstić information content (AvgIpc) is 2.87. The molecule has 1 heterocycles. The number of carboxylic acids is 1. The Morgan fingerprint density at radius 2 is 2.09 bits per heavy atom. The number of nitrogens with one attached hydrogen (secondary N) is 1. The van der Waals surface area contributed by atoms with E-state index in [1.165, 1.54) is 0 Å². The number of aliphatic carboxylic acids is 1. The van der Waals surface area contributed by atoms with Crippen molar-refractivity contribution < 1.29 is 24.2 Å². The van der Waals surface area contributed by atoms with Crippen molar-refractivity contribution in [3.05, 3.63) is 23.3 Å². The lowest BCUT2D eigenvalue weighted by molar-refractivity contribution is -0.137. The van der Waals surface area contributed by atoms with Crippen LogP contribution in [0.25, 0.3) is 0 Å². The lowest BCUT2D eigenvalue weighted by Gasteiger charge is -2.12. The van der Waals surface area contributed by atoms with Gasteiger partial charge in [0.1, 0.15) is 17.6 Å². The molecule has 1 unspecified atom stereocenters. The molecule has 1 aromatic carbocycles. The highest BCUT2D eigenvalue weighted by Crippen LogP contribution is 2.34. The molecule has 1 atom stereocenters. The number of hydrogen-bond donors (Lipinski definition) is 2. The lowest BCUT2D eigenvalue weighted by Crippen LogP contribution is -2.22. The van der Waals surface area contributed by atoms with Gasteiger partial charge in [-0.2, -0.15) is 0 Å². The maximum absolute atomic E-state index is 11.8. The highest BCUT2D eigenvalue weighted by atomic mass is 16.5. The first-order valence-electron chi connectivity index (χ1n) is 7.84. The number of carbonyl (C=O) groups excluding carboxylic acids is 1. The third kappa shape index (κ3) is 4.87. The van der Waals surface area contributed by atoms with E-state index in [4.69, 9.17) is 14.6 Å². The van der Waals surface area contributed by atoms with Crippen molar-refractivity contribution in [2.24, 2.45) is 0 Å². The number of amides is 1. The number of ether oxygens (including phenoxy) is 2. The number of benzene rings is 1. The van der Waals surface area contributed by atoms with E-state index in [-0.39, 0.29) is 18.4 Å². The Labute approximate surface area is 135 Å². The highest BCUT2D eigenvalue weighted by Gasteiger charge is 2.21.